The van der Waals surface area contributed by atoms with Crippen molar-refractivity contribution in [3.63, 3.8) is 0 Å². The van der Waals surface area contributed by atoms with E-state index in [0.717, 1.165) is 11.3 Å². The Morgan fingerprint density at radius 2 is 2.27 bits per heavy atom. The molecule has 7 heteroatoms. The first-order valence-corrected chi connectivity index (χ1v) is 3.96. The van der Waals surface area contributed by atoms with Gasteiger partial charge in [0, 0.05) is 0 Å². The maximum absolute atomic E-state index is 10.2. The molecule has 1 aromatic heterocycles. The van der Waals surface area contributed by atoms with Gasteiger partial charge in [-0.3, -0.25) is 0 Å². The van der Waals surface area contributed by atoms with E-state index in [4.69, 9.17) is 28.9 Å². The smallest absolute Gasteiger partial charge is 0.396 e. The van der Waals surface area contributed by atoms with E-state index in [9.17, 15) is 4.79 Å². The van der Waals surface area contributed by atoms with Crippen molar-refractivity contribution >= 4 is 40.6 Å². The molecule has 0 bridgehead atoms. The van der Waals surface area contributed by atoms with E-state index in [1.807, 2.05) is 0 Å². The van der Waals surface area contributed by atoms with E-state index in [1.165, 1.54) is 0 Å². The maximum Gasteiger partial charge on any atom is 0.410 e. The lowest BCUT2D eigenvalue weighted by atomic mass is 10.9. The van der Waals surface area contributed by atoms with Crippen LogP contribution < -0.4 is 10.5 Å². The van der Waals surface area contributed by atoms with Gasteiger partial charge in [-0.05, 0) is 0 Å². The third kappa shape index (κ3) is 2.21. The number of carbonyl (C=O) groups excluding carboxylic acids is 1. The molecule has 0 aliphatic heterocycles. The number of carbonyl (C=O) groups is 1. The zero-order valence-electron chi connectivity index (χ0n) is 5.01. The summed E-state index contributed by atoms with van der Waals surface area (Å²) >= 11 is 11.9. The molecule has 1 aromatic rings. The lowest BCUT2D eigenvalue weighted by molar-refractivity contribution is 0.212. The second-order valence-electron chi connectivity index (χ2n) is 1.47. The van der Waals surface area contributed by atoms with Crippen molar-refractivity contribution in [3.8, 4) is 5.06 Å². The molecule has 0 saturated heterocycles. The van der Waals surface area contributed by atoms with Crippen LogP contribution in [0.1, 0.15) is 0 Å². The Kier molecular flexibility index (Phi) is 2.53. The monoisotopic (exact) mass is 212 g/mol. The molecule has 1 amide bonds. The summed E-state index contributed by atoms with van der Waals surface area (Å²) in [6.45, 7) is 0. The minimum absolute atomic E-state index is 0.0406. The summed E-state index contributed by atoms with van der Waals surface area (Å²) in [5.41, 5.74) is 4.72. The number of primary amides is 1. The van der Waals surface area contributed by atoms with Crippen LogP contribution in [0.25, 0.3) is 0 Å². The molecule has 1 heterocycles. The van der Waals surface area contributed by atoms with E-state index in [0.29, 0.717) is 0 Å². The zero-order valence-corrected chi connectivity index (χ0v) is 7.33. The van der Waals surface area contributed by atoms with Crippen LogP contribution in [-0.2, 0) is 0 Å². The highest BCUT2D eigenvalue weighted by Gasteiger charge is 2.10. The number of ether oxygens (including phenoxy) is 1. The van der Waals surface area contributed by atoms with E-state index < -0.39 is 6.09 Å². The normalized spacial score (nSPS) is 9.64. The van der Waals surface area contributed by atoms with Gasteiger partial charge < -0.3 is 10.5 Å². The minimum Gasteiger partial charge on any atom is -0.396 e. The first-order chi connectivity index (χ1) is 5.09. The second-order valence-corrected chi connectivity index (χ2v) is 3.37. The van der Waals surface area contributed by atoms with Gasteiger partial charge in [-0.15, -0.1) is 0 Å². The van der Waals surface area contributed by atoms with Gasteiger partial charge in [-0.25, -0.2) is 9.78 Å². The number of halogens is 2. The van der Waals surface area contributed by atoms with Crippen LogP contribution in [-0.4, -0.2) is 11.1 Å². The Bertz CT molecular complexity index is 288. The SMILES string of the molecule is NC(=O)Oc1sc(Cl)nc1Cl. The van der Waals surface area contributed by atoms with Crippen LogP contribution in [0.4, 0.5) is 4.79 Å². The number of nitrogens with zero attached hydrogens (tertiary/aromatic N) is 1. The van der Waals surface area contributed by atoms with Crippen LogP contribution in [0.5, 0.6) is 5.06 Å². The average Bonchev–Trinajstić information content (AvgIpc) is 2.09. The third-order valence-electron chi connectivity index (χ3n) is 0.725. The minimum atomic E-state index is -0.938. The molecule has 0 aromatic carbocycles. The van der Waals surface area contributed by atoms with Gasteiger partial charge in [0.15, 0.2) is 9.62 Å². The van der Waals surface area contributed by atoms with E-state index >= 15 is 0 Å². The van der Waals surface area contributed by atoms with Crippen LogP contribution >= 0.6 is 34.5 Å². The summed E-state index contributed by atoms with van der Waals surface area (Å²) in [4.78, 5) is 13.8. The molecule has 0 fully saturated rings. The van der Waals surface area contributed by atoms with Gasteiger partial charge in [0.25, 0.3) is 0 Å². The number of amides is 1. The molecule has 0 aliphatic carbocycles. The van der Waals surface area contributed by atoms with Gasteiger partial charge in [-0.2, -0.15) is 0 Å². The molecular weight excluding hydrogens is 211 g/mol. The molecular formula is C4H2Cl2N2O2S. The largest absolute Gasteiger partial charge is 0.410 e. The van der Waals surface area contributed by atoms with Crippen LogP contribution in [0, 0.1) is 0 Å². The van der Waals surface area contributed by atoms with Crippen molar-refractivity contribution in [2.24, 2.45) is 5.73 Å². The lowest BCUT2D eigenvalue weighted by Crippen LogP contribution is -2.15. The Labute approximate surface area is 75.9 Å². The fourth-order valence-corrected chi connectivity index (χ4v) is 1.59. The molecule has 0 radical (unpaired) electrons. The summed E-state index contributed by atoms with van der Waals surface area (Å²) in [5.74, 6) is 0. The molecule has 1 rings (SSSR count). The summed E-state index contributed by atoms with van der Waals surface area (Å²) in [7, 11) is 0. The molecule has 0 unspecified atom stereocenters. The van der Waals surface area contributed by atoms with E-state index in [2.05, 4.69) is 9.72 Å². The van der Waals surface area contributed by atoms with Crippen LogP contribution in [0.2, 0.25) is 9.62 Å². The molecule has 0 saturated carbocycles. The molecule has 0 atom stereocenters. The Morgan fingerprint density at radius 1 is 1.64 bits per heavy atom. The fraction of sp³-hybridized carbons (Fsp3) is 0. The average molecular weight is 213 g/mol. The molecule has 2 N–H and O–H groups in total. The highest BCUT2D eigenvalue weighted by atomic mass is 35.5. The van der Waals surface area contributed by atoms with Crippen LogP contribution in [0.3, 0.4) is 0 Å². The van der Waals surface area contributed by atoms with Crippen molar-refractivity contribution in [1.29, 1.82) is 0 Å². The second kappa shape index (κ2) is 3.25. The summed E-state index contributed by atoms with van der Waals surface area (Å²) in [6.07, 6.45) is -0.938. The number of hydrogen-bond acceptors (Lipinski definition) is 4. The van der Waals surface area contributed by atoms with Crippen molar-refractivity contribution < 1.29 is 9.53 Å². The quantitative estimate of drug-likeness (QED) is 0.774. The number of aromatic nitrogens is 1. The molecule has 60 valence electrons. The first kappa shape index (κ1) is 8.58. The Morgan fingerprint density at radius 3 is 2.64 bits per heavy atom. The highest BCUT2D eigenvalue weighted by Crippen LogP contribution is 2.33. The standard InChI is InChI=1S/C4H2Cl2N2O2S/c5-1-2(10-4(7)9)11-3(6)8-1/h(H2,7,9). The first-order valence-electron chi connectivity index (χ1n) is 2.38. The molecule has 0 spiro atoms. The predicted molar refractivity (Wildman–Crippen MR) is 42.3 cm³/mol. The number of nitrogens with two attached hydrogens (primary N) is 1. The summed E-state index contributed by atoms with van der Waals surface area (Å²) < 4.78 is 4.64. The van der Waals surface area contributed by atoms with Gasteiger partial charge in [-0.1, -0.05) is 34.5 Å². The van der Waals surface area contributed by atoms with E-state index in [1.54, 1.807) is 0 Å². The summed E-state index contributed by atoms with van der Waals surface area (Å²) in [5, 5.41) is 0.156. The van der Waals surface area contributed by atoms with Crippen molar-refractivity contribution in [3.05, 3.63) is 9.62 Å². The van der Waals surface area contributed by atoms with Gasteiger partial charge in [0.2, 0.25) is 5.06 Å². The van der Waals surface area contributed by atoms with Crippen LogP contribution in [0.15, 0.2) is 0 Å². The third-order valence-corrected chi connectivity index (χ3v) is 2.13. The Balaban J connectivity index is 2.85. The van der Waals surface area contributed by atoms with Crippen molar-refractivity contribution in [2.45, 2.75) is 0 Å². The number of hydrogen-bond donors (Lipinski definition) is 1. The molecule has 4 nitrogen and oxygen atoms in total. The number of rotatable bonds is 1. The number of thiazole rings is 1. The highest BCUT2D eigenvalue weighted by molar-refractivity contribution is 7.18. The summed E-state index contributed by atoms with van der Waals surface area (Å²) in [6, 6.07) is 0. The van der Waals surface area contributed by atoms with E-state index in [-0.39, 0.29) is 14.7 Å². The van der Waals surface area contributed by atoms with Gasteiger partial charge in [0.1, 0.15) is 0 Å². The van der Waals surface area contributed by atoms with Crippen molar-refractivity contribution in [1.82, 2.24) is 4.98 Å². The lowest BCUT2D eigenvalue weighted by Gasteiger charge is -1.92. The topological polar surface area (TPSA) is 65.2 Å². The predicted octanol–water partition coefficient (Wildman–Crippen LogP) is 1.91. The molecule has 0 aliphatic rings. The molecule has 11 heavy (non-hydrogen) atoms. The zero-order chi connectivity index (χ0) is 8.43. The Hall–Kier alpha value is -0.520. The van der Waals surface area contributed by atoms with Crippen molar-refractivity contribution in [2.75, 3.05) is 0 Å². The fourth-order valence-electron chi connectivity index (χ4n) is 0.419. The van der Waals surface area contributed by atoms with Gasteiger partial charge >= 0.3 is 6.09 Å². The maximum atomic E-state index is 10.2. The van der Waals surface area contributed by atoms with Gasteiger partial charge in [0.05, 0.1) is 0 Å².